The zero-order chi connectivity index (χ0) is 15.7. The van der Waals surface area contributed by atoms with Crippen molar-refractivity contribution in [3.8, 4) is 0 Å². The molecule has 3 rings (SSSR count). The Morgan fingerprint density at radius 1 is 0.760 bits per heavy atom. The van der Waals surface area contributed by atoms with E-state index in [1.54, 1.807) is 5.57 Å². The number of benzene rings is 2. The topological polar surface area (TPSA) is 0 Å². The van der Waals surface area contributed by atoms with Crippen molar-refractivity contribution < 1.29 is 57.7 Å². The molecule has 0 spiro atoms. The first-order valence-corrected chi connectivity index (χ1v) is 8.56. The quantitative estimate of drug-likeness (QED) is 0.447. The van der Waals surface area contributed by atoms with Crippen molar-refractivity contribution in [2.75, 3.05) is 0 Å². The smallest absolute Gasteiger partial charge is 1.00 e. The van der Waals surface area contributed by atoms with Crippen molar-refractivity contribution in [1.29, 1.82) is 0 Å². The molecule has 0 heterocycles. The molecule has 0 bridgehead atoms. The van der Waals surface area contributed by atoms with E-state index in [0.717, 1.165) is 6.42 Å². The fraction of sp³-hybridized carbons (Fsp3) is 0.238. The van der Waals surface area contributed by atoms with Gasteiger partial charge < -0.3 is 37.2 Å². The summed E-state index contributed by atoms with van der Waals surface area (Å²) in [6.45, 7) is 6.93. The summed E-state index contributed by atoms with van der Waals surface area (Å²) in [5.41, 5.74) is 7.19. The Labute approximate surface area is 181 Å². The van der Waals surface area contributed by atoms with Crippen LogP contribution in [0.25, 0.3) is 0 Å². The van der Waals surface area contributed by atoms with Crippen molar-refractivity contribution in [2.45, 2.75) is 32.6 Å². The molecule has 130 valence electrons. The normalized spacial score (nSPS) is 13.8. The molecule has 4 heteroatoms. The second kappa shape index (κ2) is 10.00. The van der Waals surface area contributed by atoms with Gasteiger partial charge in [0.1, 0.15) is 0 Å². The number of hydrogen-bond donors (Lipinski definition) is 0. The van der Waals surface area contributed by atoms with Crippen LogP contribution >= 0.6 is 0 Å². The first-order valence-electron chi connectivity index (χ1n) is 7.78. The van der Waals surface area contributed by atoms with Gasteiger partial charge in [-0.25, -0.2) is 0 Å². The number of hydrogen-bond acceptors (Lipinski definition) is 0. The maximum atomic E-state index is 2.38. The second-order valence-corrected chi connectivity index (χ2v) is 7.07. The number of halogens is 3. The van der Waals surface area contributed by atoms with Crippen LogP contribution in [0.5, 0.6) is 0 Å². The van der Waals surface area contributed by atoms with Crippen LogP contribution in [0.3, 0.4) is 0 Å². The van der Waals surface area contributed by atoms with E-state index < -0.39 is 0 Å². The van der Waals surface area contributed by atoms with Crippen LogP contribution in [-0.2, 0) is 25.9 Å². The molecule has 2 aromatic rings. The summed E-state index contributed by atoms with van der Waals surface area (Å²) >= 11 is 2.26. The average Bonchev–Trinajstić information content (AvgIpc) is 2.83. The van der Waals surface area contributed by atoms with E-state index in [1.807, 2.05) is 0 Å². The molecule has 0 aromatic heterocycles. The summed E-state index contributed by atoms with van der Waals surface area (Å²) in [6, 6.07) is 21.8. The molecule has 0 N–H and O–H groups in total. The first kappa shape index (κ1) is 24.5. The van der Waals surface area contributed by atoms with E-state index in [2.05, 4.69) is 102 Å². The number of allylic oxidation sites excluding steroid dienone is 4. The van der Waals surface area contributed by atoms with Crippen LogP contribution in [0.4, 0.5) is 0 Å². The molecule has 0 aliphatic heterocycles. The van der Waals surface area contributed by atoms with Crippen molar-refractivity contribution in [1.82, 2.24) is 0 Å². The van der Waals surface area contributed by atoms with Crippen molar-refractivity contribution in [2.24, 2.45) is 0 Å². The predicted octanol–water partition coefficient (Wildman–Crippen LogP) is -3.45. The molecule has 25 heavy (non-hydrogen) atoms. The second-order valence-electron chi connectivity index (χ2n) is 6.29. The van der Waals surface area contributed by atoms with Gasteiger partial charge in [-0.15, -0.1) is 0 Å². The molecule has 1 aliphatic rings. The molecule has 0 unspecified atom stereocenters. The van der Waals surface area contributed by atoms with Crippen LogP contribution < -0.4 is 37.2 Å². The Morgan fingerprint density at radius 2 is 1.16 bits per heavy atom. The Hall–Kier alpha value is -0.496. The fourth-order valence-corrected chi connectivity index (χ4v) is 3.94. The maximum Gasteiger partial charge on any atom is -1.00 e. The summed E-state index contributed by atoms with van der Waals surface area (Å²) in [4.78, 5) is 0. The zero-order valence-electron chi connectivity index (χ0n) is 14.6. The van der Waals surface area contributed by atoms with Crippen molar-refractivity contribution in [3.63, 3.8) is 0 Å². The summed E-state index contributed by atoms with van der Waals surface area (Å²) < 4.78 is 1.47. The van der Waals surface area contributed by atoms with Gasteiger partial charge in [0.25, 0.3) is 0 Å². The molecule has 0 saturated carbocycles. The summed E-state index contributed by atoms with van der Waals surface area (Å²) in [6.07, 6.45) is 1.08. The third kappa shape index (κ3) is 4.44. The third-order valence-corrected chi connectivity index (χ3v) is 6.25. The molecular formula is C21H21Cl3Ti. The van der Waals surface area contributed by atoms with Gasteiger partial charge in [0, 0.05) is 0 Å². The van der Waals surface area contributed by atoms with Gasteiger partial charge in [-0.3, -0.25) is 0 Å². The molecule has 1 aliphatic carbocycles. The third-order valence-electron chi connectivity index (χ3n) is 5.00. The van der Waals surface area contributed by atoms with Crippen LogP contribution in [-0.4, -0.2) is 0 Å². The van der Waals surface area contributed by atoms with Crippen molar-refractivity contribution >= 4 is 0 Å². The molecule has 0 atom stereocenters. The summed E-state index contributed by atoms with van der Waals surface area (Å²) in [7, 11) is 0. The summed E-state index contributed by atoms with van der Waals surface area (Å²) in [5.74, 6) is 0. The number of rotatable bonds is 3. The van der Waals surface area contributed by atoms with Crippen LogP contribution in [0.1, 0.15) is 38.3 Å². The first-order chi connectivity index (χ1) is 10.5. The Morgan fingerprint density at radius 3 is 1.48 bits per heavy atom. The monoisotopic (exact) mass is 426 g/mol. The maximum absolute atomic E-state index is 2.38. The van der Waals surface area contributed by atoms with E-state index in [1.165, 1.54) is 26.2 Å². The minimum atomic E-state index is -0.0639. The molecular weight excluding hydrogens is 406 g/mol. The van der Waals surface area contributed by atoms with Gasteiger partial charge in [0.05, 0.1) is 0 Å². The van der Waals surface area contributed by atoms with E-state index in [-0.39, 0.29) is 42.6 Å². The van der Waals surface area contributed by atoms with Crippen LogP contribution in [0, 0.1) is 0 Å². The molecule has 0 saturated heterocycles. The Bertz CT molecular complexity index is 710. The molecule has 0 fully saturated rings. The van der Waals surface area contributed by atoms with Crippen molar-refractivity contribution in [3.05, 3.63) is 92.4 Å². The predicted molar refractivity (Wildman–Crippen MR) is 89.4 cm³/mol. The summed E-state index contributed by atoms with van der Waals surface area (Å²) in [5, 5.41) is 0. The molecule has 0 amide bonds. The molecule has 0 radical (unpaired) electrons. The molecule has 2 aromatic carbocycles. The average molecular weight is 428 g/mol. The Balaban J connectivity index is 0.00000192. The fourth-order valence-electron chi connectivity index (χ4n) is 3.57. The van der Waals surface area contributed by atoms with Gasteiger partial charge in [-0.05, 0) is 0 Å². The minimum Gasteiger partial charge on any atom is -1.00 e. The van der Waals surface area contributed by atoms with Crippen LogP contribution in [0.15, 0.2) is 81.3 Å². The SMILES string of the molecule is CC1=[C]([Ti+3])C(C)=C(C(C)(c2ccccc2)c2ccccc2)C1.[Cl-].[Cl-].[Cl-]. The van der Waals surface area contributed by atoms with Gasteiger partial charge in [0.2, 0.25) is 0 Å². The van der Waals surface area contributed by atoms with Gasteiger partial charge in [-0.2, -0.15) is 0 Å². The zero-order valence-corrected chi connectivity index (χ0v) is 18.4. The van der Waals surface area contributed by atoms with Gasteiger partial charge >= 0.3 is 145 Å². The van der Waals surface area contributed by atoms with E-state index in [9.17, 15) is 0 Å². The van der Waals surface area contributed by atoms with E-state index in [0.29, 0.717) is 0 Å². The largest absolute Gasteiger partial charge is 1.00 e. The standard InChI is InChI=1S/C21H21.3ClH.Ti/c1-16-14-17(2)20(15-16)21(3,18-10-6-4-7-11-18)19-12-8-5-9-13-19;;;;/h4-13H,15H2,1-3H3;3*1H;/q;;;;+3/p-3. The van der Waals surface area contributed by atoms with E-state index in [4.69, 9.17) is 0 Å². The van der Waals surface area contributed by atoms with Crippen LogP contribution in [0.2, 0.25) is 0 Å². The molecule has 0 nitrogen and oxygen atoms in total. The van der Waals surface area contributed by atoms with Gasteiger partial charge in [0.15, 0.2) is 0 Å². The van der Waals surface area contributed by atoms with Gasteiger partial charge in [-0.1, -0.05) is 0 Å². The Kier molecular flexibility index (Phi) is 9.80. The van der Waals surface area contributed by atoms with E-state index >= 15 is 0 Å². The minimum absolute atomic E-state index is 0.